The summed E-state index contributed by atoms with van der Waals surface area (Å²) < 4.78 is 34.3. The van der Waals surface area contributed by atoms with E-state index in [1.165, 1.54) is 30.4 Å². The molecule has 5 rings (SSSR count). The SMILES string of the molecule is CCCCC.CCCc1cc(Cl)ccc1C1COc2ccc3cc2N(C1)CC1CCC1C(O)/C=C/C[C@@H](C)S(=O)(=O)NC3=O. The maximum absolute atomic E-state index is 13.1. The molecule has 2 aromatic carbocycles. The smallest absolute Gasteiger partial charge is 0.264 e. The van der Waals surface area contributed by atoms with Gasteiger partial charge in [0, 0.05) is 29.6 Å². The largest absolute Gasteiger partial charge is 0.491 e. The monoisotopic (exact) mass is 644 g/mol. The number of halogens is 1. The second-order valence-electron chi connectivity index (χ2n) is 12.5. The second kappa shape index (κ2) is 15.6. The second-order valence-corrected chi connectivity index (χ2v) is 15.0. The Bertz CT molecular complexity index is 1410. The average molecular weight is 645 g/mol. The first-order valence-electron chi connectivity index (χ1n) is 16.3. The number of ether oxygens (including phenoxy) is 1. The molecule has 44 heavy (non-hydrogen) atoms. The summed E-state index contributed by atoms with van der Waals surface area (Å²) in [6.07, 6.45) is 10.9. The van der Waals surface area contributed by atoms with Crippen LogP contribution in [0.15, 0.2) is 48.6 Å². The number of aliphatic hydroxyl groups is 1. The Morgan fingerprint density at radius 2 is 1.82 bits per heavy atom. The number of nitrogens with one attached hydrogen (secondary N) is 1. The van der Waals surface area contributed by atoms with Gasteiger partial charge < -0.3 is 14.7 Å². The van der Waals surface area contributed by atoms with Crippen molar-refractivity contribution in [3.63, 3.8) is 0 Å². The molecule has 1 amide bonds. The van der Waals surface area contributed by atoms with Crippen molar-refractivity contribution in [1.82, 2.24) is 4.72 Å². The number of anilines is 1. The van der Waals surface area contributed by atoms with E-state index in [1.807, 2.05) is 12.1 Å². The minimum Gasteiger partial charge on any atom is -0.491 e. The topological polar surface area (TPSA) is 95.9 Å². The number of aryl methyl sites for hydroxylation is 1. The van der Waals surface area contributed by atoms with Gasteiger partial charge in [-0.15, -0.1) is 0 Å². The summed E-state index contributed by atoms with van der Waals surface area (Å²) in [6.45, 7) is 9.98. The van der Waals surface area contributed by atoms with Crippen LogP contribution in [0.5, 0.6) is 5.75 Å². The fraction of sp³-hybridized carbons (Fsp3) is 0.571. The van der Waals surface area contributed by atoms with Crippen LogP contribution in [0.4, 0.5) is 5.69 Å². The Hall–Kier alpha value is -2.55. The minimum atomic E-state index is -3.90. The highest BCUT2D eigenvalue weighted by Gasteiger charge is 2.38. The maximum Gasteiger partial charge on any atom is 0.264 e. The molecule has 2 aliphatic heterocycles. The van der Waals surface area contributed by atoms with Crippen molar-refractivity contribution < 1.29 is 23.1 Å². The van der Waals surface area contributed by atoms with E-state index in [4.69, 9.17) is 16.3 Å². The van der Waals surface area contributed by atoms with Crippen LogP contribution < -0.4 is 14.4 Å². The molecule has 2 heterocycles. The van der Waals surface area contributed by atoms with Crippen LogP contribution in [-0.4, -0.2) is 50.5 Å². The van der Waals surface area contributed by atoms with E-state index < -0.39 is 27.3 Å². The number of sulfonamides is 1. The molecule has 2 aromatic rings. The van der Waals surface area contributed by atoms with Gasteiger partial charge in [0.05, 0.1) is 23.6 Å². The van der Waals surface area contributed by atoms with Crippen LogP contribution in [0.25, 0.3) is 0 Å². The third-order valence-corrected chi connectivity index (χ3v) is 11.1. The van der Waals surface area contributed by atoms with Crippen molar-refractivity contribution in [2.75, 3.05) is 24.6 Å². The van der Waals surface area contributed by atoms with Crippen LogP contribution >= 0.6 is 11.6 Å². The molecule has 0 spiro atoms. The zero-order chi connectivity index (χ0) is 31.9. The molecule has 4 unspecified atom stereocenters. The summed E-state index contributed by atoms with van der Waals surface area (Å²) in [5, 5.41) is 10.8. The molecule has 2 N–H and O–H groups in total. The highest BCUT2D eigenvalue weighted by Crippen LogP contribution is 2.42. The van der Waals surface area contributed by atoms with E-state index in [-0.39, 0.29) is 29.7 Å². The fourth-order valence-corrected chi connectivity index (χ4v) is 7.47. The lowest BCUT2D eigenvalue weighted by Crippen LogP contribution is -2.44. The summed E-state index contributed by atoms with van der Waals surface area (Å²) in [6, 6.07) is 11.2. The standard InChI is InChI=1S/C30H37ClN2O5S.C5H12/c1-3-5-20-14-24(31)10-12-25(20)23-17-33-16-22-8-11-26(22)28(34)7-4-6-19(2)39(36,37)32-30(35)21-9-13-29(38-18-23)27(33)15-21;1-3-5-4-2/h4,7,9-10,12-15,19,22-23,26,28,34H,3,5-6,8,11,16-18H2,1-2H3,(H,32,35);3-5H2,1-2H3/b7-4+;/t19-,22?,23?,26?,28?;/m1./s1. The fourth-order valence-electron chi connectivity index (χ4n) is 6.33. The van der Waals surface area contributed by atoms with Crippen LogP contribution in [0, 0.1) is 11.8 Å². The molecule has 242 valence electrons. The number of nitrogens with zero attached hydrogens (tertiary/aromatic N) is 1. The number of benzene rings is 2. The number of fused-ring (bicyclic) bond motifs is 2. The van der Waals surface area contributed by atoms with Gasteiger partial charge in [0.2, 0.25) is 10.0 Å². The van der Waals surface area contributed by atoms with Crippen LogP contribution in [-0.2, 0) is 16.4 Å². The van der Waals surface area contributed by atoms with E-state index in [2.05, 4.69) is 36.5 Å². The molecule has 3 aliphatic rings. The summed E-state index contributed by atoms with van der Waals surface area (Å²) >= 11 is 6.35. The molecular weight excluding hydrogens is 596 g/mol. The molecule has 9 heteroatoms. The number of allylic oxidation sites excluding steroid dienone is 1. The predicted molar refractivity (Wildman–Crippen MR) is 179 cm³/mol. The highest BCUT2D eigenvalue weighted by atomic mass is 35.5. The van der Waals surface area contributed by atoms with Gasteiger partial charge in [-0.3, -0.25) is 4.79 Å². The van der Waals surface area contributed by atoms with Gasteiger partial charge in [-0.05, 0) is 85.9 Å². The first-order chi connectivity index (χ1) is 21.1. The van der Waals surface area contributed by atoms with Crippen molar-refractivity contribution in [2.45, 2.75) is 96.3 Å². The first kappa shape index (κ1) is 34.3. The Balaban J connectivity index is 0.000000818. The third kappa shape index (κ3) is 8.38. The summed E-state index contributed by atoms with van der Waals surface area (Å²) in [4.78, 5) is 15.3. The number of aliphatic hydroxyl groups excluding tert-OH is 1. The minimum absolute atomic E-state index is 0.0696. The molecule has 0 saturated heterocycles. The number of amides is 1. The average Bonchev–Trinajstić information content (AvgIpc) is 3.14. The molecule has 7 nitrogen and oxygen atoms in total. The molecule has 1 fully saturated rings. The molecular formula is C35H49ClN2O5S. The van der Waals surface area contributed by atoms with Crippen molar-refractivity contribution in [3.05, 3.63) is 70.3 Å². The zero-order valence-electron chi connectivity index (χ0n) is 26.6. The van der Waals surface area contributed by atoms with Crippen molar-refractivity contribution >= 4 is 33.2 Å². The van der Waals surface area contributed by atoms with Gasteiger partial charge in [-0.25, -0.2) is 13.1 Å². The lowest BCUT2D eigenvalue weighted by atomic mass is 9.70. The molecule has 1 saturated carbocycles. The third-order valence-electron chi connectivity index (χ3n) is 9.15. The van der Waals surface area contributed by atoms with Crippen molar-refractivity contribution in [2.24, 2.45) is 11.8 Å². The molecule has 0 radical (unpaired) electrons. The number of carbonyl (C=O) groups excluding carboxylic acids is 1. The van der Waals surface area contributed by atoms with Gasteiger partial charge in [0.25, 0.3) is 5.91 Å². The molecule has 2 bridgehead atoms. The van der Waals surface area contributed by atoms with Crippen molar-refractivity contribution in [3.8, 4) is 5.75 Å². The van der Waals surface area contributed by atoms with E-state index >= 15 is 0 Å². The van der Waals surface area contributed by atoms with Gasteiger partial charge in [-0.2, -0.15) is 0 Å². The quantitative estimate of drug-likeness (QED) is 0.333. The van der Waals surface area contributed by atoms with Crippen LogP contribution in [0.3, 0.4) is 0 Å². The van der Waals surface area contributed by atoms with E-state index in [1.54, 1.807) is 37.3 Å². The van der Waals surface area contributed by atoms with Crippen molar-refractivity contribution in [1.29, 1.82) is 0 Å². The Morgan fingerprint density at radius 1 is 1.05 bits per heavy atom. The normalized spacial score (nSPS) is 27.0. The van der Waals surface area contributed by atoms with Gasteiger partial charge in [0.15, 0.2) is 0 Å². The van der Waals surface area contributed by atoms with Gasteiger partial charge in [-0.1, -0.05) is 76.3 Å². The summed E-state index contributed by atoms with van der Waals surface area (Å²) in [7, 11) is -3.90. The van der Waals surface area contributed by atoms with Gasteiger partial charge in [0.1, 0.15) is 5.75 Å². The van der Waals surface area contributed by atoms with Crippen LogP contribution in [0.2, 0.25) is 5.02 Å². The zero-order valence-corrected chi connectivity index (χ0v) is 28.2. The number of hydrogen-bond donors (Lipinski definition) is 2. The molecule has 0 aromatic heterocycles. The Kier molecular flexibility index (Phi) is 12.2. The lowest BCUT2D eigenvalue weighted by Gasteiger charge is -2.42. The predicted octanol–water partition coefficient (Wildman–Crippen LogP) is 7.27. The number of hydrogen-bond acceptors (Lipinski definition) is 6. The first-order valence-corrected chi connectivity index (χ1v) is 18.2. The summed E-state index contributed by atoms with van der Waals surface area (Å²) in [5.74, 6) is 0.435. The molecule has 1 aliphatic carbocycles. The Morgan fingerprint density at radius 3 is 2.48 bits per heavy atom. The number of carbonyl (C=O) groups is 1. The Labute approximate surface area is 269 Å². The van der Waals surface area contributed by atoms with E-state index in [0.29, 0.717) is 30.5 Å². The lowest BCUT2D eigenvalue weighted by molar-refractivity contribution is 0.0461. The van der Waals surface area contributed by atoms with Crippen LogP contribution in [0.1, 0.15) is 100 Å². The number of unbranched alkanes of at least 4 members (excludes halogenated alkanes) is 2. The molecule has 5 atom stereocenters. The van der Waals surface area contributed by atoms with E-state index in [9.17, 15) is 18.3 Å². The highest BCUT2D eigenvalue weighted by molar-refractivity contribution is 7.90. The summed E-state index contributed by atoms with van der Waals surface area (Å²) in [5.41, 5.74) is 3.46. The number of rotatable bonds is 5. The maximum atomic E-state index is 13.1. The van der Waals surface area contributed by atoms with Gasteiger partial charge >= 0.3 is 0 Å². The van der Waals surface area contributed by atoms with E-state index in [0.717, 1.165) is 31.4 Å².